The van der Waals surface area contributed by atoms with Crippen molar-refractivity contribution in [2.24, 2.45) is 0 Å². The molecular weight excluding hydrogens is 522 g/mol. The summed E-state index contributed by atoms with van der Waals surface area (Å²) in [7, 11) is 0. The van der Waals surface area contributed by atoms with Crippen molar-refractivity contribution in [2.45, 2.75) is 40.2 Å². The van der Waals surface area contributed by atoms with Crippen LogP contribution < -0.4 is 16.4 Å². The van der Waals surface area contributed by atoms with Gasteiger partial charge in [0.2, 0.25) is 0 Å². The molecule has 0 fully saturated rings. The Morgan fingerprint density at radius 1 is 1.10 bits per heavy atom. The van der Waals surface area contributed by atoms with Gasteiger partial charge in [-0.3, -0.25) is 4.90 Å². The SMILES string of the molecule is CCN(CC#Cc1ncc(N)c2c(-c3ccc(NC(=O)Nc4cccc(C)c4)cc3)csc12)C(=O)OC(C)(C)C. The first-order chi connectivity index (χ1) is 19.0. The maximum Gasteiger partial charge on any atom is 0.411 e. The number of carbonyl (C=O) groups excluding carboxylic acids is 2. The lowest BCUT2D eigenvalue weighted by Gasteiger charge is -2.25. The average molecular weight is 556 g/mol. The molecule has 4 aromatic rings. The van der Waals surface area contributed by atoms with Crippen LogP contribution in [0.5, 0.6) is 0 Å². The van der Waals surface area contributed by atoms with Crippen LogP contribution in [-0.4, -0.2) is 40.7 Å². The van der Waals surface area contributed by atoms with Crippen molar-refractivity contribution in [3.63, 3.8) is 0 Å². The van der Waals surface area contributed by atoms with E-state index in [0.29, 0.717) is 23.6 Å². The van der Waals surface area contributed by atoms with Crippen molar-refractivity contribution in [1.82, 2.24) is 9.88 Å². The highest BCUT2D eigenvalue weighted by atomic mass is 32.1. The highest BCUT2D eigenvalue weighted by molar-refractivity contribution is 7.18. The Balaban J connectivity index is 1.50. The first kappa shape index (κ1) is 28.5. The van der Waals surface area contributed by atoms with Crippen LogP contribution in [0, 0.1) is 18.8 Å². The number of benzene rings is 2. The number of ether oxygens (including phenoxy) is 1. The second kappa shape index (κ2) is 12.1. The largest absolute Gasteiger partial charge is 0.444 e. The van der Waals surface area contributed by atoms with Gasteiger partial charge in [-0.15, -0.1) is 11.3 Å². The number of hydrogen-bond acceptors (Lipinski definition) is 6. The minimum Gasteiger partial charge on any atom is -0.444 e. The summed E-state index contributed by atoms with van der Waals surface area (Å²) in [5, 5.41) is 8.61. The van der Waals surface area contributed by atoms with Crippen LogP contribution in [0.3, 0.4) is 0 Å². The van der Waals surface area contributed by atoms with Gasteiger partial charge in [0, 0.05) is 28.9 Å². The number of thiophene rings is 1. The topological polar surface area (TPSA) is 110 Å². The normalized spacial score (nSPS) is 10.9. The van der Waals surface area contributed by atoms with Gasteiger partial charge in [-0.2, -0.15) is 0 Å². The maximum absolute atomic E-state index is 12.4. The van der Waals surface area contributed by atoms with E-state index in [1.165, 1.54) is 11.3 Å². The maximum atomic E-state index is 12.4. The van der Waals surface area contributed by atoms with E-state index in [2.05, 4.69) is 27.5 Å². The molecule has 8 nitrogen and oxygen atoms in total. The predicted molar refractivity (Wildman–Crippen MR) is 164 cm³/mol. The summed E-state index contributed by atoms with van der Waals surface area (Å²) in [5.74, 6) is 6.16. The molecule has 0 aliphatic heterocycles. The number of pyridine rings is 1. The molecule has 0 unspecified atom stereocenters. The van der Waals surface area contributed by atoms with Gasteiger partial charge in [0.25, 0.3) is 0 Å². The van der Waals surface area contributed by atoms with Crippen molar-refractivity contribution >= 4 is 50.6 Å². The number of carbonyl (C=O) groups is 2. The third-order valence-corrected chi connectivity index (χ3v) is 6.85. The molecule has 206 valence electrons. The molecule has 0 radical (unpaired) electrons. The van der Waals surface area contributed by atoms with Crippen molar-refractivity contribution < 1.29 is 14.3 Å². The molecule has 0 aliphatic rings. The van der Waals surface area contributed by atoms with Crippen LogP contribution in [0.15, 0.2) is 60.1 Å². The minimum atomic E-state index is -0.571. The quantitative estimate of drug-likeness (QED) is 0.227. The number of nitrogens with two attached hydrogens (primary N) is 1. The van der Waals surface area contributed by atoms with Gasteiger partial charge in [0.05, 0.1) is 23.1 Å². The molecule has 2 aromatic heterocycles. The van der Waals surface area contributed by atoms with E-state index in [4.69, 9.17) is 10.5 Å². The van der Waals surface area contributed by atoms with Gasteiger partial charge in [-0.25, -0.2) is 14.6 Å². The Kier molecular flexibility index (Phi) is 8.61. The number of aromatic nitrogens is 1. The summed E-state index contributed by atoms with van der Waals surface area (Å²) in [6, 6.07) is 14.9. The molecule has 0 saturated heterocycles. The van der Waals surface area contributed by atoms with E-state index in [1.54, 1.807) is 11.1 Å². The lowest BCUT2D eigenvalue weighted by molar-refractivity contribution is 0.0285. The molecule has 40 heavy (non-hydrogen) atoms. The number of rotatable bonds is 5. The Morgan fingerprint density at radius 2 is 1.82 bits per heavy atom. The fraction of sp³-hybridized carbons (Fsp3) is 0.258. The molecule has 0 bridgehead atoms. The number of hydrogen-bond donors (Lipinski definition) is 3. The van der Waals surface area contributed by atoms with E-state index in [-0.39, 0.29) is 12.6 Å². The van der Waals surface area contributed by atoms with Crippen molar-refractivity contribution in [3.8, 4) is 23.0 Å². The third-order valence-electron chi connectivity index (χ3n) is 5.87. The molecule has 0 spiro atoms. The fourth-order valence-corrected chi connectivity index (χ4v) is 5.03. The number of aryl methyl sites for hydroxylation is 1. The number of amides is 3. The molecule has 3 amide bonds. The zero-order chi connectivity index (χ0) is 28.9. The van der Waals surface area contributed by atoms with Crippen LogP contribution in [0.4, 0.5) is 26.7 Å². The fourth-order valence-electron chi connectivity index (χ4n) is 3.98. The minimum absolute atomic E-state index is 0.225. The van der Waals surface area contributed by atoms with E-state index in [0.717, 1.165) is 32.5 Å². The van der Waals surface area contributed by atoms with Gasteiger partial charge in [-0.05, 0) is 81.3 Å². The van der Waals surface area contributed by atoms with Crippen LogP contribution in [0.25, 0.3) is 21.2 Å². The Morgan fingerprint density at radius 3 is 2.50 bits per heavy atom. The van der Waals surface area contributed by atoms with Crippen LogP contribution in [0.1, 0.15) is 39.0 Å². The Hall–Kier alpha value is -4.55. The number of anilines is 3. The van der Waals surface area contributed by atoms with Crippen LogP contribution in [-0.2, 0) is 4.74 Å². The molecule has 4 N–H and O–H groups in total. The van der Waals surface area contributed by atoms with Gasteiger partial charge in [0.1, 0.15) is 11.3 Å². The molecule has 2 heterocycles. The molecule has 2 aromatic carbocycles. The number of nitrogen functional groups attached to an aromatic ring is 1. The summed E-state index contributed by atoms with van der Waals surface area (Å²) in [4.78, 5) is 30.8. The van der Waals surface area contributed by atoms with Crippen molar-refractivity contribution in [2.75, 3.05) is 29.5 Å². The van der Waals surface area contributed by atoms with Gasteiger partial charge in [0.15, 0.2) is 0 Å². The van der Waals surface area contributed by atoms with Crippen molar-refractivity contribution in [1.29, 1.82) is 0 Å². The van der Waals surface area contributed by atoms with Crippen LogP contribution in [0.2, 0.25) is 0 Å². The van der Waals surface area contributed by atoms with Gasteiger partial charge >= 0.3 is 12.1 Å². The van der Waals surface area contributed by atoms with Gasteiger partial charge in [-0.1, -0.05) is 30.2 Å². The molecule has 0 saturated carbocycles. The smallest absolute Gasteiger partial charge is 0.411 e. The number of nitrogens with zero attached hydrogens (tertiary/aromatic N) is 2. The summed E-state index contributed by atoms with van der Waals surface area (Å²) < 4.78 is 6.33. The first-order valence-electron chi connectivity index (χ1n) is 12.9. The average Bonchev–Trinajstić information content (AvgIpc) is 3.33. The third kappa shape index (κ3) is 7.10. The number of nitrogens with one attached hydrogen (secondary N) is 2. The zero-order valence-electron chi connectivity index (χ0n) is 23.3. The Bertz CT molecular complexity index is 1590. The summed E-state index contributed by atoms with van der Waals surface area (Å²) in [6.07, 6.45) is 1.21. The molecule has 0 atom stereocenters. The molecular formula is C31H33N5O3S. The highest BCUT2D eigenvalue weighted by Crippen LogP contribution is 2.38. The number of fused-ring (bicyclic) bond motifs is 1. The second-order valence-corrected chi connectivity index (χ2v) is 11.1. The standard InChI is InChI=1S/C31H33N5O3S/c1-6-36(30(38)39-31(3,4)5)16-8-11-26-28-27(25(32)18-33-26)24(19-40-28)21-12-14-22(15-13-21)34-29(37)35-23-10-7-9-20(2)17-23/h7,9-10,12-15,17-19H,6,16,32H2,1-5H3,(H2,34,35,37). The second-order valence-electron chi connectivity index (χ2n) is 10.2. The molecule has 4 rings (SSSR count). The summed E-state index contributed by atoms with van der Waals surface area (Å²) in [6.45, 7) is 10.1. The van der Waals surface area contributed by atoms with Gasteiger partial charge < -0.3 is 21.1 Å². The van der Waals surface area contributed by atoms with E-state index < -0.39 is 11.7 Å². The Labute approximate surface area is 238 Å². The lowest BCUT2D eigenvalue weighted by atomic mass is 10.0. The lowest BCUT2D eigenvalue weighted by Crippen LogP contribution is -2.36. The predicted octanol–water partition coefficient (Wildman–Crippen LogP) is 7.11. The van der Waals surface area contributed by atoms with E-state index in [9.17, 15) is 9.59 Å². The van der Waals surface area contributed by atoms with E-state index in [1.807, 2.05) is 88.5 Å². The van der Waals surface area contributed by atoms with Crippen molar-refractivity contribution in [3.05, 3.63) is 71.4 Å². The zero-order valence-corrected chi connectivity index (χ0v) is 24.1. The highest BCUT2D eigenvalue weighted by Gasteiger charge is 2.20. The summed E-state index contributed by atoms with van der Waals surface area (Å²) >= 11 is 1.52. The number of urea groups is 1. The first-order valence-corrected chi connectivity index (χ1v) is 13.8. The summed E-state index contributed by atoms with van der Waals surface area (Å²) in [5.41, 5.74) is 11.3. The van der Waals surface area contributed by atoms with Crippen LogP contribution >= 0.6 is 11.3 Å². The molecule has 9 heteroatoms. The molecule has 0 aliphatic carbocycles. The van der Waals surface area contributed by atoms with E-state index >= 15 is 0 Å². The monoisotopic (exact) mass is 555 g/mol.